The van der Waals surface area contributed by atoms with Crippen LogP contribution in [0, 0.1) is 11.7 Å². The maximum atomic E-state index is 13.0. The summed E-state index contributed by atoms with van der Waals surface area (Å²) in [5.41, 5.74) is 1.75. The number of aromatic nitrogens is 1. The highest BCUT2D eigenvalue weighted by Crippen LogP contribution is 2.23. The molecule has 5 heteroatoms. The second-order valence-electron chi connectivity index (χ2n) is 6.54. The Morgan fingerprint density at radius 1 is 1.25 bits per heavy atom. The van der Waals surface area contributed by atoms with E-state index in [4.69, 9.17) is 0 Å². The first-order valence-corrected chi connectivity index (χ1v) is 8.20. The number of nitrogens with zero attached hydrogens (tertiary/aromatic N) is 3. The third kappa shape index (κ3) is 3.72. The van der Waals surface area contributed by atoms with E-state index in [2.05, 4.69) is 4.98 Å². The maximum Gasteiger partial charge on any atom is 0.255 e. The summed E-state index contributed by atoms with van der Waals surface area (Å²) >= 11 is 0. The van der Waals surface area contributed by atoms with E-state index in [0.29, 0.717) is 11.5 Å². The van der Waals surface area contributed by atoms with Crippen LogP contribution < -0.4 is 4.90 Å². The molecule has 1 saturated heterocycles. The number of halogens is 1. The predicted molar refractivity (Wildman–Crippen MR) is 92.7 cm³/mol. The Hall–Kier alpha value is -2.43. The first-order chi connectivity index (χ1) is 11.5. The van der Waals surface area contributed by atoms with Crippen molar-refractivity contribution in [2.24, 2.45) is 5.92 Å². The van der Waals surface area contributed by atoms with Gasteiger partial charge in [0.25, 0.3) is 5.91 Å². The topological polar surface area (TPSA) is 36.4 Å². The molecule has 0 bridgehead atoms. The second-order valence-corrected chi connectivity index (χ2v) is 6.54. The van der Waals surface area contributed by atoms with Gasteiger partial charge in [-0.05, 0) is 48.6 Å². The zero-order valence-electron chi connectivity index (χ0n) is 14.1. The van der Waals surface area contributed by atoms with Gasteiger partial charge in [0.1, 0.15) is 11.6 Å². The molecule has 0 radical (unpaired) electrons. The minimum Gasteiger partial charge on any atom is -0.363 e. The average Bonchev–Trinajstić information content (AvgIpc) is 3.05. The highest BCUT2D eigenvalue weighted by atomic mass is 19.1. The van der Waals surface area contributed by atoms with Crippen LogP contribution in [-0.4, -0.2) is 43.0 Å². The highest BCUT2D eigenvalue weighted by molar-refractivity contribution is 5.94. The van der Waals surface area contributed by atoms with E-state index >= 15 is 0 Å². The zero-order valence-corrected chi connectivity index (χ0v) is 14.1. The molecule has 1 atom stereocenters. The zero-order chi connectivity index (χ0) is 17.1. The standard InChI is InChI=1S/C19H22FN3O/c1-22(2)18-8-5-16(12-21-18)19(24)23-10-9-15(13-23)11-14-3-6-17(20)7-4-14/h3-8,12,15H,9-11,13H2,1-2H3/t15-/m0/s1. The summed E-state index contributed by atoms with van der Waals surface area (Å²) in [4.78, 5) is 20.7. The van der Waals surface area contributed by atoms with Gasteiger partial charge in [0, 0.05) is 33.4 Å². The molecule has 1 aromatic heterocycles. The fourth-order valence-corrected chi connectivity index (χ4v) is 3.10. The molecule has 0 saturated carbocycles. The number of hydrogen-bond acceptors (Lipinski definition) is 3. The Morgan fingerprint density at radius 3 is 2.62 bits per heavy atom. The highest BCUT2D eigenvalue weighted by Gasteiger charge is 2.27. The van der Waals surface area contributed by atoms with Gasteiger partial charge in [0.05, 0.1) is 5.56 Å². The van der Waals surface area contributed by atoms with Crippen LogP contribution in [0.3, 0.4) is 0 Å². The number of pyridine rings is 1. The van der Waals surface area contributed by atoms with Crippen LogP contribution in [0.25, 0.3) is 0 Å². The van der Waals surface area contributed by atoms with Crippen molar-refractivity contribution < 1.29 is 9.18 Å². The quantitative estimate of drug-likeness (QED) is 0.866. The molecule has 0 spiro atoms. The van der Waals surface area contributed by atoms with E-state index in [1.165, 1.54) is 12.1 Å². The minimum absolute atomic E-state index is 0.0365. The first kappa shape index (κ1) is 16.4. The summed E-state index contributed by atoms with van der Waals surface area (Å²) in [5.74, 6) is 1.08. The van der Waals surface area contributed by atoms with E-state index in [9.17, 15) is 9.18 Å². The Bertz CT molecular complexity index is 698. The third-order valence-corrected chi connectivity index (χ3v) is 4.46. The van der Waals surface area contributed by atoms with Crippen LogP contribution in [-0.2, 0) is 6.42 Å². The van der Waals surface area contributed by atoms with Crippen molar-refractivity contribution in [1.29, 1.82) is 0 Å². The molecular formula is C19H22FN3O. The molecule has 1 fully saturated rings. The van der Waals surface area contributed by atoms with Gasteiger partial charge < -0.3 is 9.80 Å². The molecule has 0 N–H and O–H groups in total. The fourth-order valence-electron chi connectivity index (χ4n) is 3.10. The number of likely N-dealkylation sites (tertiary alicyclic amines) is 1. The second kappa shape index (κ2) is 6.99. The number of hydrogen-bond donors (Lipinski definition) is 0. The summed E-state index contributed by atoms with van der Waals surface area (Å²) in [6.45, 7) is 1.51. The van der Waals surface area contributed by atoms with Crippen LogP contribution >= 0.6 is 0 Å². The molecule has 126 valence electrons. The van der Waals surface area contributed by atoms with E-state index in [0.717, 1.165) is 37.3 Å². The van der Waals surface area contributed by atoms with Crippen LogP contribution in [0.2, 0.25) is 0 Å². The van der Waals surface area contributed by atoms with Crippen LogP contribution in [0.4, 0.5) is 10.2 Å². The molecule has 24 heavy (non-hydrogen) atoms. The molecule has 2 heterocycles. The van der Waals surface area contributed by atoms with Gasteiger partial charge in [-0.2, -0.15) is 0 Å². The molecule has 0 unspecified atom stereocenters. The lowest BCUT2D eigenvalue weighted by Gasteiger charge is -2.17. The Kier molecular flexibility index (Phi) is 4.79. The van der Waals surface area contributed by atoms with Crippen LogP contribution in [0.1, 0.15) is 22.3 Å². The monoisotopic (exact) mass is 327 g/mol. The van der Waals surface area contributed by atoms with E-state index < -0.39 is 0 Å². The van der Waals surface area contributed by atoms with E-state index in [-0.39, 0.29) is 11.7 Å². The number of rotatable bonds is 4. The van der Waals surface area contributed by atoms with Crippen LogP contribution in [0.5, 0.6) is 0 Å². The number of anilines is 1. The SMILES string of the molecule is CN(C)c1ccc(C(=O)N2CC[C@@H](Cc3ccc(F)cc3)C2)cn1. The normalized spacial score (nSPS) is 17.1. The number of benzene rings is 1. The summed E-state index contributed by atoms with van der Waals surface area (Å²) in [6.07, 6.45) is 3.50. The summed E-state index contributed by atoms with van der Waals surface area (Å²) < 4.78 is 13.0. The summed E-state index contributed by atoms with van der Waals surface area (Å²) in [5, 5.41) is 0. The van der Waals surface area contributed by atoms with Gasteiger partial charge in [0.2, 0.25) is 0 Å². The number of amides is 1. The van der Waals surface area contributed by atoms with Crippen molar-refractivity contribution in [3.05, 3.63) is 59.5 Å². The molecule has 0 aliphatic carbocycles. The van der Waals surface area contributed by atoms with Crippen molar-refractivity contribution in [3.8, 4) is 0 Å². The Balaban J connectivity index is 1.60. The van der Waals surface area contributed by atoms with Crippen molar-refractivity contribution >= 4 is 11.7 Å². The lowest BCUT2D eigenvalue weighted by Crippen LogP contribution is -2.29. The van der Waals surface area contributed by atoms with Gasteiger partial charge >= 0.3 is 0 Å². The van der Waals surface area contributed by atoms with E-state index in [1.807, 2.05) is 48.2 Å². The summed E-state index contributed by atoms with van der Waals surface area (Å²) in [6, 6.07) is 10.3. The van der Waals surface area contributed by atoms with Crippen molar-refractivity contribution in [3.63, 3.8) is 0 Å². The molecule has 1 amide bonds. The Morgan fingerprint density at radius 2 is 2.00 bits per heavy atom. The van der Waals surface area contributed by atoms with Gasteiger partial charge in [0.15, 0.2) is 0 Å². The average molecular weight is 327 g/mol. The first-order valence-electron chi connectivity index (χ1n) is 8.20. The van der Waals surface area contributed by atoms with E-state index in [1.54, 1.807) is 6.20 Å². The smallest absolute Gasteiger partial charge is 0.255 e. The Labute approximate surface area is 141 Å². The van der Waals surface area contributed by atoms with Gasteiger partial charge in [-0.1, -0.05) is 12.1 Å². The number of carbonyl (C=O) groups excluding carboxylic acids is 1. The minimum atomic E-state index is -0.212. The largest absolute Gasteiger partial charge is 0.363 e. The van der Waals surface area contributed by atoms with Crippen LogP contribution in [0.15, 0.2) is 42.6 Å². The predicted octanol–water partition coefficient (Wildman–Crippen LogP) is 2.99. The maximum absolute atomic E-state index is 13.0. The third-order valence-electron chi connectivity index (χ3n) is 4.46. The fraction of sp³-hybridized carbons (Fsp3) is 0.368. The van der Waals surface area contributed by atoms with Gasteiger partial charge in [-0.15, -0.1) is 0 Å². The van der Waals surface area contributed by atoms with Crippen molar-refractivity contribution in [2.45, 2.75) is 12.8 Å². The molecule has 4 nitrogen and oxygen atoms in total. The summed E-state index contributed by atoms with van der Waals surface area (Å²) in [7, 11) is 3.84. The van der Waals surface area contributed by atoms with Gasteiger partial charge in [-0.25, -0.2) is 9.37 Å². The molecule has 2 aromatic rings. The lowest BCUT2D eigenvalue weighted by atomic mass is 9.99. The molecule has 1 aromatic carbocycles. The van der Waals surface area contributed by atoms with Gasteiger partial charge in [-0.3, -0.25) is 4.79 Å². The molecule has 1 aliphatic rings. The molecule has 1 aliphatic heterocycles. The van der Waals surface area contributed by atoms with Crippen molar-refractivity contribution in [1.82, 2.24) is 9.88 Å². The molecule has 3 rings (SSSR count). The lowest BCUT2D eigenvalue weighted by molar-refractivity contribution is 0.0786. The molecular weight excluding hydrogens is 305 g/mol. The van der Waals surface area contributed by atoms with Crippen molar-refractivity contribution in [2.75, 3.05) is 32.1 Å². The number of carbonyl (C=O) groups is 1.